The van der Waals surface area contributed by atoms with Crippen molar-refractivity contribution < 1.29 is 9.18 Å². The highest BCUT2D eigenvalue weighted by molar-refractivity contribution is 5.78. The van der Waals surface area contributed by atoms with Gasteiger partial charge < -0.3 is 5.32 Å². The third kappa shape index (κ3) is 5.11. The summed E-state index contributed by atoms with van der Waals surface area (Å²) in [6, 6.07) is 6.03. The Morgan fingerprint density at radius 2 is 2.00 bits per heavy atom. The molecule has 1 aromatic rings. The molecule has 1 atom stereocenters. The molecule has 0 saturated heterocycles. The van der Waals surface area contributed by atoms with Crippen LogP contribution >= 0.6 is 0 Å². The molecule has 1 amide bonds. The van der Waals surface area contributed by atoms with Crippen LogP contribution in [0.1, 0.15) is 25.5 Å². The van der Waals surface area contributed by atoms with E-state index in [1.54, 1.807) is 12.1 Å². The molecule has 0 radical (unpaired) electrons. The predicted molar refractivity (Wildman–Crippen MR) is 73.8 cm³/mol. The minimum absolute atomic E-state index is 0.127. The fraction of sp³-hybridized carbons (Fsp3) is 0.400. The zero-order chi connectivity index (χ0) is 14.3. The summed E-state index contributed by atoms with van der Waals surface area (Å²) in [5, 5.41) is 5.75. The summed E-state index contributed by atoms with van der Waals surface area (Å²) in [7, 11) is 0. The van der Waals surface area contributed by atoms with E-state index in [4.69, 9.17) is 6.42 Å². The maximum atomic E-state index is 12.9. The molecule has 0 spiro atoms. The molecule has 1 unspecified atom stereocenters. The largest absolute Gasteiger partial charge is 0.348 e. The van der Waals surface area contributed by atoms with Crippen molar-refractivity contribution in [1.29, 1.82) is 0 Å². The molecule has 2 N–H and O–H groups in total. The minimum Gasteiger partial charge on any atom is -0.348 e. The van der Waals surface area contributed by atoms with Crippen molar-refractivity contribution in [3.05, 3.63) is 35.6 Å². The highest BCUT2D eigenvalue weighted by Gasteiger charge is 2.17. The number of rotatable bonds is 6. The number of amides is 1. The fourth-order valence-corrected chi connectivity index (χ4v) is 1.78. The second-order valence-corrected chi connectivity index (χ2v) is 4.65. The van der Waals surface area contributed by atoms with E-state index in [-0.39, 0.29) is 30.2 Å². The Bertz CT molecular complexity index is 448. The van der Waals surface area contributed by atoms with Gasteiger partial charge in [0.25, 0.3) is 0 Å². The number of hydrogen-bond acceptors (Lipinski definition) is 2. The van der Waals surface area contributed by atoms with Gasteiger partial charge in [0, 0.05) is 0 Å². The monoisotopic (exact) mass is 262 g/mol. The summed E-state index contributed by atoms with van der Waals surface area (Å²) in [4.78, 5) is 11.8. The molecule has 1 rings (SSSR count). The lowest BCUT2D eigenvalue weighted by atomic mass is 9.96. The third-order valence-electron chi connectivity index (χ3n) is 2.72. The first-order valence-electron chi connectivity index (χ1n) is 6.23. The SMILES string of the molecule is C#CCNCC(=O)NC(c1ccc(F)cc1)C(C)C. The van der Waals surface area contributed by atoms with Gasteiger partial charge in [0.1, 0.15) is 5.82 Å². The molecule has 0 fully saturated rings. The van der Waals surface area contributed by atoms with E-state index in [2.05, 4.69) is 16.6 Å². The normalized spacial score (nSPS) is 11.9. The van der Waals surface area contributed by atoms with Crippen LogP contribution in [-0.4, -0.2) is 19.0 Å². The summed E-state index contributed by atoms with van der Waals surface area (Å²) in [5.74, 6) is 2.20. The van der Waals surface area contributed by atoms with Gasteiger partial charge in [-0.3, -0.25) is 10.1 Å². The molecule has 0 saturated carbocycles. The fourth-order valence-electron chi connectivity index (χ4n) is 1.78. The highest BCUT2D eigenvalue weighted by atomic mass is 19.1. The van der Waals surface area contributed by atoms with Crippen LogP contribution in [0.25, 0.3) is 0 Å². The van der Waals surface area contributed by atoms with E-state index < -0.39 is 0 Å². The second kappa shape index (κ2) is 7.55. The van der Waals surface area contributed by atoms with E-state index >= 15 is 0 Å². The summed E-state index contributed by atoms with van der Waals surface area (Å²) in [5.41, 5.74) is 0.890. The lowest BCUT2D eigenvalue weighted by molar-refractivity contribution is -0.121. The van der Waals surface area contributed by atoms with Crippen LogP contribution in [0.2, 0.25) is 0 Å². The van der Waals surface area contributed by atoms with Gasteiger partial charge in [-0.2, -0.15) is 0 Å². The summed E-state index contributed by atoms with van der Waals surface area (Å²) < 4.78 is 12.9. The first-order chi connectivity index (χ1) is 9.04. The maximum Gasteiger partial charge on any atom is 0.234 e. The van der Waals surface area contributed by atoms with Gasteiger partial charge in [-0.05, 0) is 23.6 Å². The van der Waals surface area contributed by atoms with Crippen molar-refractivity contribution in [3.63, 3.8) is 0 Å². The Morgan fingerprint density at radius 3 is 2.53 bits per heavy atom. The smallest absolute Gasteiger partial charge is 0.234 e. The van der Waals surface area contributed by atoms with Crippen LogP contribution in [0, 0.1) is 24.1 Å². The topological polar surface area (TPSA) is 41.1 Å². The average Bonchev–Trinajstić information content (AvgIpc) is 2.37. The molecule has 19 heavy (non-hydrogen) atoms. The molecule has 0 aromatic heterocycles. The average molecular weight is 262 g/mol. The molecular formula is C15H19FN2O. The van der Waals surface area contributed by atoms with Crippen LogP contribution in [-0.2, 0) is 4.79 Å². The van der Waals surface area contributed by atoms with E-state index in [1.807, 2.05) is 13.8 Å². The molecule has 102 valence electrons. The standard InChI is InChI=1S/C15H19FN2O/c1-4-9-17-10-14(19)18-15(11(2)3)12-5-7-13(16)8-6-12/h1,5-8,11,15,17H,9-10H2,2-3H3,(H,18,19). The Kier molecular flexibility index (Phi) is 6.04. The highest BCUT2D eigenvalue weighted by Crippen LogP contribution is 2.21. The molecule has 0 aliphatic heterocycles. The maximum absolute atomic E-state index is 12.9. The van der Waals surface area contributed by atoms with Crippen LogP contribution in [0.4, 0.5) is 4.39 Å². The van der Waals surface area contributed by atoms with Crippen molar-refractivity contribution in [3.8, 4) is 12.3 Å². The summed E-state index contributed by atoms with van der Waals surface area (Å²) in [6.07, 6.45) is 5.09. The van der Waals surface area contributed by atoms with Crippen molar-refractivity contribution in [2.24, 2.45) is 5.92 Å². The summed E-state index contributed by atoms with van der Waals surface area (Å²) in [6.45, 7) is 4.54. The zero-order valence-corrected chi connectivity index (χ0v) is 11.2. The van der Waals surface area contributed by atoms with Crippen LogP contribution in [0.3, 0.4) is 0 Å². The van der Waals surface area contributed by atoms with Gasteiger partial charge in [-0.25, -0.2) is 4.39 Å². The van der Waals surface area contributed by atoms with Gasteiger partial charge in [0.05, 0.1) is 19.1 Å². The molecule has 0 heterocycles. The first-order valence-corrected chi connectivity index (χ1v) is 6.23. The quantitative estimate of drug-likeness (QED) is 0.607. The van der Waals surface area contributed by atoms with E-state index in [1.165, 1.54) is 12.1 Å². The summed E-state index contributed by atoms with van der Waals surface area (Å²) >= 11 is 0. The Morgan fingerprint density at radius 1 is 1.37 bits per heavy atom. The number of nitrogens with one attached hydrogen (secondary N) is 2. The van der Waals surface area contributed by atoms with Crippen molar-refractivity contribution in [2.45, 2.75) is 19.9 Å². The van der Waals surface area contributed by atoms with Gasteiger partial charge in [0.15, 0.2) is 0 Å². The van der Waals surface area contributed by atoms with Crippen molar-refractivity contribution >= 4 is 5.91 Å². The van der Waals surface area contributed by atoms with E-state index in [0.29, 0.717) is 6.54 Å². The van der Waals surface area contributed by atoms with E-state index in [0.717, 1.165) is 5.56 Å². The molecule has 0 aliphatic rings. The number of carbonyl (C=O) groups is 1. The molecule has 0 bridgehead atoms. The van der Waals surface area contributed by atoms with Gasteiger partial charge in [-0.1, -0.05) is 31.9 Å². The molecule has 1 aromatic carbocycles. The Balaban J connectivity index is 2.66. The Labute approximate surface area is 113 Å². The number of hydrogen-bond donors (Lipinski definition) is 2. The van der Waals surface area contributed by atoms with Crippen LogP contribution in [0.5, 0.6) is 0 Å². The van der Waals surface area contributed by atoms with Gasteiger partial charge in [0.2, 0.25) is 5.91 Å². The zero-order valence-electron chi connectivity index (χ0n) is 11.2. The van der Waals surface area contributed by atoms with Gasteiger partial charge >= 0.3 is 0 Å². The number of carbonyl (C=O) groups excluding carboxylic acids is 1. The molecule has 0 aliphatic carbocycles. The van der Waals surface area contributed by atoms with Crippen molar-refractivity contribution in [1.82, 2.24) is 10.6 Å². The molecule has 4 heteroatoms. The number of halogens is 1. The predicted octanol–water partition coefficient (Wildman–Crippen LogP) is 1.86. The lowest BCUT2D eigenvalue weighted by Gasteiger charge is -2.23. The van der Waals surface area contributed by atoms with Crippen LogP contribution in [0.15, 0.2) is 24.3 Å². The Hall–Kier alpha value is -1.86. The third-order valence-corrected chi connectivity index (χ3v) is 2.72. The second-order valence-electron chi connectivity index (χ2n) is 4.65. The lowest BCUT2D eigenvalue weighted by Crippen LogP contribution is -2.38. The van der Waals surface area contributed by atoms with E-state index in [9.17, 15) is 9.18 Å². The molecular weight excluding hydrogens is 243 g/mol. The van der Waals surface area contributed by atoms with Crippen LogP contribution < -0.4 is 10.6 Å². The first kappa shape index (κ1) is 15.2. The number of benzene rings is 1. The number of terminal acetylenes is 1. The molecule has 3 nitrogen and oxygen atoms in total. The minimum atomic E-state index is -0.284. The van der Waals surface area contributed by atoms with Gasteiger partial charge in [-0.15, -0.1) is 6.42 Å². The van der Waals surface area contributed by atoms with Crippen molar-refractivity contribution in [2.75, 3.05) is 13.1 Å².